The molecule has 1 saturated heterocycles. The van der Waals surface area contributed by atoms with Gasteiger partial charge >= 0.3 is 0 Å². The number of anilines is 1. The van der Waals surface area contributed by atoms with Crippen LogP contribution in [0.3, 0.4) is 0 Å². The van der Waals surface area contributed by atoms with Gasteiger partial charge in [-0.3, -0.25) is 4.79 Å². The molecule has 8 heteroatoms. The summed E-state index contributed by atoms with van der Waals surface area (Å²) in [5.41, 5.74) is 1.96. The highest BCUT2D eigenvalue weighted by atomic mass is 32.2. The van der Waals surface area contributed by atoms with Crippen LogP contribution in [0.1, 0.15) is 43.2 Å². The minimum Gasteiger partial charge on any atom is -0.354 e. The molecule has 0 bridgehead atoms. The maximum atomic E-state index is 12.5. The van der Waals surface area contributed by atoms with Crippen molar-refractivity contribution in [1.82, 2.24) is 9.46 Å². The maximum absolute atomic E-state index is 12.5. The molecule has 7 nitrogen and oxygen atoms in total. The molecule has 0 unspecified atom stereocenters. The molecule has 1 aliphatic rings. The van der Waals surface area contributed by atoms with Crippen LogP contribution >= 0.6 is 0 Å². The lowest BCUT2D eigenvalue weighted by Crippen LogP contribution is -2.27. The van der Waals surface area contributed by atoms with Crippen molar-refractivity contribution in [2.24, 2.45) is 0 Å². The quantitative estimate of drug-likeness (QED) is 0.818. The number of hydrogen-bond donors (Lipinski definition) is 1. The molecule has 144 valence electrons. The smallest absolute Gasteiger partial charge is 0.243 e. The number of nitrogens with one attached hydrogen (secondary N) is 1. The van der Waals surface area contributed by atoms with Gasteiger partial charge in [0, 0.05) is 19.5 Å². The Bertz CT molecular complexity index is 940. The minimum absolute atomic E-state index is 0.118. The molecule has 2 heterocycles. The minimum atomic E-state index is -3.41. The van der Waals surface area contributed by atoms with Crippen LogP contribution in [-0.4, -0.2) is 36.9 Å². The fraction of sp³-hybridized carbons (Fsp3) is 0.368. The van der Waals surface area contributed by atoms with E-state index in [1.165, 1.54) is 4.31 Å². The van der Waals surface area contributed by atoms with E-state index in [2.05, 4.69) is 10.5 Å². The molecule has 0 atom stereocenters. The van der Waals surface area contributed by atoms with E-state index in [4.69, 9.17) is 4.52 Å². The van der Waals surface area contributed by atoms with Gasteiger partial charge in [-0.2, -0.15) is 4.31 Å². The van der Waals surface area contributed by atoms with Gasteiger partial charge in [0.25, 0.3) is 0 Å². The number of carbonyl (C=O) groups is 1. The number of carbonyl (C=O) groups excluding carboxylic acids is 1. The molecule has 27 heavy (non-hydrogen) atoms. The second kappa shape index (κ2) is 8.06. The fourth-order valence-electron chi connectivity index (χ4n) is 2.88. The number of nitrogens with zero attached hydrogens (tertiary/aromatic N) is 2. The highest BCUT2D eigenvalue weighted by Gasteiger charge is 2.26. The Morgan fingerprint density at radius 3 is 2.52 bits per heavy atom. The van der Waals surface area contributed by atoms with Gasteiger partial charge in [0.1, 0.15) is 11.4 Å². The zero-order valence-corrected chi connectivity index (χ0v) is 16.3. The Kier molecular flexibility index (Phi) is 5.76. The molecule has 0 radical (unpaired) electrons. The van der Waals surface area contributed by atoms with Crippen LogP contribution in [-0.2, 0) is 14.8 Å². The first kappa shape index (κ1) is 19.3. The van der Waals surface area contributed by atoms with Gasteiger partial charge in [-0.1, -0.05) is 30.3 Å². The number of rotatable bonds is 6. The van der Waals surface area contributed by atoms with Crippen LogP contribution in [0, 0.1) is 6.92 Å². The standard InChI is InChI=1S/C19H23N3O4S/c1-3-18(23)20-19-14(2)21-26-17(19)11-8-15-6-9-16(10-7-15)27(24,25)22-12-4-5-13-22/h6-11H,3-5,12-13H2,1-2H3,(H,20,23). The molecular formula is C19H23N3O4S. The van der Waals surface area contributed by atoms with Gasteiger partial charge in [0.05, 0.1) is 4.90 Å². The van der Waals surface area contributed by atoms with Crippen LogP contribution in [0.5, 0.6) is 0 Å². The average Bonchev–Trinajstić information content (AvgIpc) is 3.32. The summed E-state index contributed by atoms with van der Waals surface area (Å²) in [6.07, 6.45) is 5.67. The predicted molar refractivity (Wildman–Crippen MR) is 104 cm³/mol. The fourth-order valence-corrected chi connectivity index (χ4v) is 4.40. The van der Waals surface area contributed by atoms with Crippen LogP contribution in [0.15, 0.2) is 33.7 Å². The summed E-state index contributed by atoms with van der Waals surface area (Å²) in [4.78, 5) is 11.9. The number of aromatic nitrogens is 1. The van der Waals surface area contributed by atoms with E-state index in [0.29, 0.717) is 41.5 Å². The van der Waals surface area contributed by atoms with Crippen LogP contribution in [0.25, 0.3) is 12.2 Å². The lowest BCUT2D eigenvalue weighted by Gasteiger charge is -2.15. The van der Waals surface area contributed by atoms with Gasteiger partial charge in [-0.15, -0.1) is 0 Å². The molecule has 1 N–H and O–H groups in total. The molecular weight excluding hydrogens is 366 g/mol. The van der Waals surface area contributed by atoms with Crippen molar-refractivity contribution in [2.75, 3.05) is 18.4 Å². The van der Waals surface area contributed by atoms with Gasteiger partial charge in [-0.05, 0) is 43.5 Å². The van der Waals surface area contributed by atoms with Crippen molar-refractivity contribution in [1.29, 1.82) is 0 Å². The SMILES string of the molecule is CCC(=O)Nc1c(C)noc1C=Cc1ccc(S(=O)(=O)N2CCCC2)cc1. The largest absolute Gasteiger partial charge is 0.354 e. The van der Waals surface area contributed by atoms with Crippen molar-refractivity contribution in [3.05, 3.63) is 41.3 Å². The molecule has 2 aromatic rings. The van der Waals surface area contributed by atoms with Crippen LogP contribution in [0.2, 0.25) is 0 Å². The van der Waals surface area contributed by atoms with Gasteiger partial charge in [0.2, 0.25) is 15.9 Å². The summed E-state index contributed by atoms with van der Waals surface area (Å²) in [5, 5.41) is 6.65. The van der Waals surface area contributed by atoms with E-state index >= 15 is 0 Å². The third-order valence-electron chi connectivity index (χ3n) is 4.48. The summed E-state index contributed by atoms with van der Waals surface area (Å²) < 4.78 is 31.9. The molecule has 1 aromatic heterocycles. The van der Waals surface area contributed by atoms with E-state index in [-0.39, 0.29) is 5.91 Å². The molecule has 1 aromatic carbocycles. The van der Waals surface area contributed by atoms with Crippen molar-refractivity contribution in [3.63, 3.8) is 0 Å². The van der Waals surface area contributed by atoms with Crippen LogP contribution in [0.4, 0.5) is 5.69 Å². The third kappa shape index (κ3) is 4.28. The zero-order valence-electron chi connectivity index (χ0n) is 15.4. The predicted octanol–water partition coefficient (Wildman–Crippen LogP) is 3.29. The highest BCUT2D eigenvalue weighted by Crippen LogP contribution is 2.24. The zero-order chi connectivity index (χ0) is 19.4. The average molecular weight is 389 g/mol. The number of benzene rings is 1. The number of amides is 1. The topological polar surface area (TPSA) is 92.5 Å². The van der Waals surface area contributed by atoms with Gasteiger partial charge in [0.15, 0.2) is 5.76 Å². The summed E-state index contributed by atoms with van der Waals surface area (Å²) in [7, 11) is -3.41. The second-order valence-corrected chi connectivity index (χ2v) is 8.36. The van der Waals surface area contributed by atoms with Gasteiger partial charge in [-0.25, -0.2) is 8.42 Å². The Balaban J connectivity index is 1.76. The highest BCUT2D eigenvalue weighted by molar-refractivity contribution is 7.89. The van der Waals surface area contributed by atoms with E-state index in [1.807, 2.05) is 0 Å². The summed E-state index contributed by atoms with van der Waals surface area (Å²) in [6, 6.07) is 6.71. The molecule has 3 rings (SSSR count). The molecule has 1 amide bonds. The lowest BCUT2D eigenvalue weighted by atomic mass is 10.2. The molecule has 1 fully saturated rings. The van der Waals surface area contributed by atoms with E-state index in [1.54, 1.807) is 50.3 Å². The maximum Gasteiger partial charge on any atom is 0.243 e. The Labute approximate surface area is 159 Å². The van der Waals surface area contributed by atoms with Crippen LogP contribution < -0.4 is 5.32 Å². The molecule has 1 aliphatic heterocycles. The monoisotopic (exact) mass is 389 g/mol. The number of hydrogen-bond acceptors (Lipinski definition) is 5. The van der Waals surface area contributed by atoms with Crippen molar-refractivity contribution in [3.8, 4) is 0 Å². The second-order valence-electron chi connectivity index (χ2n) is 6.42. The van der Waals surface area contributed by atoms with E-state index in [9.17, 15) is 13.2 Å². The van der Waals surface area contributed by atoms with E-state index in [0.717, 1.165) is 18.4 Å². The number of aryl methyl sites for hydroxylation is 1. The Morgan fingerprint density at radius 2 is 1.89 bits per heavy atom. The Hall–Kier alpha value is -2.45. The summed E-state index contributed by atoms with van der Waals surface area (Å²) in [6.45, 7) is 4.69. The molecule has 0 saturated carbocycles. The first-order chi connectivity index (χ1) is 12.9. The van der Waals surface area contributed by atoms with Crippen molar-refractivity contribution in [2.45, 2.75) is 38.0 Å². The van der Waals surface area contributed by atoms with Crippen molar-refractivity contribution >= 4 is 33.8 Å². The van der Waals surface area contributed by atoms with Gasteiger partial charge < -0.3 is 9.84 Å². The summed E-state index contributed by atoms with van der Waals surface area (Å²) >= 11 is 0. The first-order valence-electron chi connectivity index (χ1n) is 8.96. The first-order valence-corrected chi connectivity index (χ1v) is 10.4. The normalized spacial score (nSPS) is 15.5. The van der Waals surface area contributed by atoms with Crippen molar-refractivity contribution < 1.29 is 17.7 Å². The molecule has 0 aliphatic carbocycles. The Morgan fingerprint density at radius 1 is 1.22 bits per heavy atom. The molecule has 0 spiro atoms. The summed E-state index contributed by atoms with van der Waals surface area (Å²) in [5.74, 6) is 0.329. The lowest BCUT2D eigenvalue weighted by molar-refractivity contribution is -0.115. The number of sulfonamides is 1. The van der Waals surface area contributed by atoms with E-state index < -0.39 is 10.0 Å². The third-order valence-corrected chi connectivity index (χ3v) is 6.40.